The van der Waals surface area contributed by atoms with Crippen molar-refractivity contribution in [2.75, 3.05) is 63.8 Å². The van der Waals surface area contributed by atoms with Crippen LogP contribution in [0.15, 0.2) is 337 Å². The maximum absolute atomic E-state index is 12.5. The Labute approximate surface area is 746 Å². The van der Waals surface area contributed by atoms with E-state index in [0.29, 0.717) is 47.1 Å². The van der Waals surface area contributed by atoms with Crippen LogP contribution in [0.3, 0.4) is 0 Å². The van der Waals surface area contributed by atoms with Crippen LogP contribution in [0.25, 0.3) is 24.3 Å². The summed E-state index contributed by atoms with van der Waals surface area (Å²) in [6.07, 6.45) is 6.56. The summed E-state index contributed by atoms with van der Waals surface area (Å²) in [4.78, 5) is 53.4. The summed E-state index contributed by atoms with van der Waals surface area (Å²) in [5, 5.41) is 38.0. The largest absolute Gasteiger partial charge is 1.00 e. The first-order chi connectivity index (χ1) is 58.5. The second kappa shape index (κ2) is 41.3. The normalized spacial score (nSPS) is 11.0. The van der Waals surface area contributed by atoms with Gasteiger partial charge in [0.25, 0.3) is 0 Å². The standard InChI is InChI=1S/2C44H36N12O3S.2Na/c2*57-60(58,59)38-29-37(50-44-55-41(47-34-17-9-3-10-18-34)52-42(56-44)48-35-19-11-4-12-20-35)28-25-31(38)24-21-30-22-26-36(27-23-30)49-43-53-39(45-32-13-5-1-6-14-32)51-40(54-43)46-33-15-7-2-8-16-33;;/h2*1-29H,(H,57,58,59)(H3,45,46,49,51,53,54)(H3,47,48,50,52,55,56);;/q;;2*+1/p-2/b2*24-21+;;. The Morgan fingerprint density at radius 2 is 0.336 bits per heavy atom. The van der Waals surface area contributed by atoms with Gasteiger partial charge in [-0.15, -0.1) is 0 Å². The topological polar surface area (TPSA) is 413 Å². The summed E-state index contributed by atoms with van der Waals surface area (Å²) in [5.74, 6) is 3.10. The quantitative estimate of drug-likeness (QED) is 0.0113. The molecule has 4 aromatic heterocycles. The van der Waals surface area contributed by atoms with E-state index in [4.69, 9.17) is 0 Å². The van der Waals surface area contributed by atoms with Gasteiger partial charge in [-0.1, -0.05) is 206 Å². The van der Waals surface area contributed by atoms with Crippen molar-refractivity contribution in [1.82, 2.24) is 59.8 Å². The van der Waals surface area contributed by atoms with Crippen molar-refractivity contribution in [3.05, 3.63) is 350 Å². The van der Waals surface area contributed by atoms with Crippen LogP contribution < -0.4 is 123 Å². The van der Waals surface area contributed by atoms with Crippen LogP contribution in [0.2, 0.25) is 0 Å². The molecule has 0 aliphatic carbocycles. The van der Waals surface area contributed by atoms with E-state index in [1.807, 2.05) is 291 Å². The minimum atomic E-state index is -4.90. The van der Waals surface area contributed by atoms with E-state index in [-0.39, 0.29) is 117 Å². The van der Waals surface area contributed by atoms with Gasteiger partial charge >= 0.3 is 59.1 Å². The molecule has 12 N–H and O–H groups in total. The smallest absolute Gasteiger partial charge is 0.744 e. The van der Waals surface area contributed by atoms with Crippen LogP contribution >= 0.6 is 0 Å². The van der Waals surface area contributed by atoms with Crippen LogP contribution in [0.4, 0.5) is 140 Å². The van der Waals surface area contributed by atoms with Gasteiger partial charge in [0.1, 0.15) is 20.2 Å². The molecule has 0 saturated carbocycles. The first-order valence-corrected chi connectivity index (χ1v) is 39.8. The zero-order valence-electron chi connectivity index (χ0n) is 65.1. The molecule has 0 spiro atoms. The van der Waals surface area contributed by atoms with Gasteiger partial charge in [-0.05, 0) is 168 Å². The minimum absolute atomic E-state index is 0. The molecule has 592 valence electrons. The Morgan fingerprint density at radius 3 is 0.500 bits per heavy atom. The summed E-state index contributed by atoms with van der Waals surface area (Å²) in [6.45, 7) is 0. The van der Waals surface area contributed by atoms with Crippen LogP contribution in [0.1, 0.15) is 22.3 Å². The van der Waals surface area contributed by atoms with Gasteiger partial charge in [0.05, 0.1) is 9.79 Å². The Kier molecular flexibility index (Phi) is 28.9. The molecule has 0 aliphatic rings. The van der Waals surface area contributed by atoms with E-state index in [9.17, 15) is 25.9 Å². The molecule has 0 atom stereocenters. The second-order valence-corrected chi connectivity index (χ2v) is 28.7. The first kappa shape index (κ1) is 85.5. The number of aromatic nitrogens is 12. The van der Waals surface area contributed by atoms with Gasteiger partial charge in [-0.3, -0.25) is 0 Å². The molecule has 12 aromatic carbocycles. The molecule has 30 nitrogen and oxygen atoms in total. The summed E-state index contributed by atoms with van der Waals surface area (Å²) < 4.78 is 75.3. The molecule has 0 aliphatic heterocycles. The van der Waals surface area contributed by atoms with Gasteiger partial charge in [0.2, 0.25) is 71.4 Å². The second-order valence-electron chi connectivity index (χ2n) is 26.0. The average molecular weight is 1670 g/mol. The minimum Gasteiger partial charge on any atom is -0.744 e. The Bertz CT molecular complexity index is 5850. The van der Waals surface area contributed by atoms with E-state index in [0.717, 1.165) is 56.6 Å². The summed E-state index contributed by atoms with van der Waals surface area (Å²) in [6, 6.07) is 99.2. The number of hydrogen-bond acceptors (Lipinski definition) is 30. The van der Waals surface area contributed by atoms with Crippen molar-refractivity contribution < 1.29 is 85.1 Å². The maximum Gasteiger partial charge on any atom is 1.00 e. The molecule has 0 radical (unpaired) electrons. The molecular formula is C88H70N24Na2O6S2. The van der Waals surface area contributed by atoms with Crippen molar-refractivity contribution in [1.29, 1.82) is 0 Å². The number of benzene rings is 12. The predicted molar refractivity (Wildman–Crippen MR) is 470 cm³/mol. The van der Waals surface area contributed by atoms with E-state index in [2.05, 4.69) is 124 Å². The summed E-state index contributed by atoms with van der Waals surface area (Å²) >= 11 is 0. The number of rotatable bonds is 30. The average Bonchev–Trinajstić information content (AvgIpc) is 0.814. The van der Waals surface area contributed by atoms with Crippen molar-refractivity contribution >= 4 is 184 Å². The fraction of sp³-hybridized carbons (Fsp3) is 0. The number of nitrogens with one attached hydrogen (secondary N) is 12. The molecule has 0 bridgehead atoms. The van der Waals surface area contributed by atoms with Crippen LogP contribution in [-0.2, 0) is 20.2 Å². The van der Waals surface area contributed by atoms with E-state index in [1.165, 1.54) is 24.3 Å². The third kappa shape index (κ3) is 25.3. The monoisotopic (exact) mass is 1670 g/mol. The van der Waals surface area contributed by atoms with Gasteiger partial charge < -0.3 is 72.9 Å². The SMILES string of the molecule is O=S(=O)([O-])c1cc(Nc2nc(Nc3ccccc3)nc(Nc3ccccc3)n2)ccc1/C=C/c1ccc(Nc2nc(Nc3ccccc3)nc(Nc3ccccc3)n2)cc1.O=S(=O)([O-])c1cc(Nc2nc(Nc3ccccc3)nc(Nc3ccccc3)n2)ccc1/C=C/c1ccc(Nc2nc(Nc3ccccc3)nc(Nc3ccccc3)n2)cc1.[Na+].[Na+]. The van der Waals surface area contributed by atoms with E-state index in [1.54, 1.807) is 36.4 Å². The third-order valence-electron chi connectivity index (χ3n) is 17.1. The van der Waals surface area contributed by atoms with Crippen molar-refractivity contribution in [2.24, 2.45) is 0 Å². The van der Waals surface area contributed by atoms with E-state index >= 15 is 0 Å². The molecule has 34 heteroatoms. The molecule has 0 unspecified atom stereocenters. The number of nitrogens with zero attached hydrogens (tertiary/aromatic N) is 12. The van der Waals surface area contributed by atoms with Crippen LogP contribution in [0, 0.1) is 0 Å². The van der Waals surface area contributed by atoms with Crippen molar-refractivity contribution in [2.45, 2.75) is 9.79 Å². The summed E-state index contributed by atoms with van der Waals surface area (Å²) in [5.41, 5.74) is 10.1. The molecule has 122 heavy (non-hydrogen) atoms. The van der Waals surface area contributed by atoms with Crippen LogP contribution in [0.5, 0.6) is 0 Å². The fourth-order valence-electron chi connectivity index (χ4n) is 11.6. The summed E-state index contributed by atoms with van der Waals surface area (Å²) in [7, 11) is -9.79. The fourth-order valence-corrected chi connectivity index (χ4v) is 12.9. The number of anilines is 24. The molecule has 4 heterocycles. The predicted octanol–water partition coefficient (Wildman–Crippen LogP) is 13.2. The molecular weight excluding hydrogens is 1600 g/mol. The molecule has 16 aromatic rings. The number of para-hydroxylation sites is 8. The Morgan fingerprint density at radius 1 is 0.189 bits per heavy atom. The molecule has 0 fully saturated rings. The van der Waals surface area contributed by atoms with Gasteiger partial charge in [-0.25, -0.2) is 16.8 Å². The zero-order chi connectivity index (χ0) is 82.3. The maximum atomic E-state index is 12.5. The van der Waals surface area contributed by atoms with Gasteiger partial charge in [0, 0.05) is 68.2 Å². The molecule has 0 saturated heterocycles. The van der Waals surface area contributed by atoms with Crippen molar-refractivity contribution in [3.8, 4) is 0 Å². The molecule has 16 rings (SSSR count). The van der Waals surface area contributed by atoms with E-state index < -0.39 is 30.0 Å². The van der Waals surface area contributed by atoms with Crippen LogP contribution in [-0.4, -0.2) is 85.7 Å². The Balaban J connectivity index is 0.000000207. The zero-order valence-corrected chi connectivity index (χ0v) is 70.8. The Hall–Kier alpha value is -14.4. The third-order valence-corrected chi connectivity index (χ3v) is 18.9. The van der Waals surface area contributed by atoms with Gasteiger partial charge in [-0.2, -0.15) is 59.8 Å². The van der Waals surface area contributed by atoms with Crippen molar-refractivity contribution in [3.63, 3.8) is 0 Å². The molecule has 0 amide bonds. The van der Waals surface area contributed by atoms with Gasteiger partial charge in [0.15, 0.2) is 0 Å². The number of hydrogen-bond donors (Lipinski definition) is 12. The first-order valence-electron chi connectivity index (χ1n) is 37.0.